The summed E-state index contributed by atoms with van der Waals surface area (Å²) in [6.07, 6.45) is 8.65. The Morgan fingerprint density at radius 1 is 0.952 bits per heavy atom. The molecule has 2 atom stereocenters. The van der Waals surface area contributed by atoms with Crippen molar-refractivity contribution in [1.82, 2.24) is 44.8 Å². The number of nitrogens with zero attached hydrogens (tertiary/aromatic N) is 9. The molecule has 4 aliphatic rings. The van der Waals surface area contributed by atoms with E-state index in [2.05, 4.69) is 46.1 Å². The van der Waals surface area contributed by atoms with E-state index >= 15 is 0 Å². The quantitative estimate of drug-likeness (QED) is 0.116. The molecule has 4 aliphatic heterocycles. The van der Waals surface area contributed by atoms with Crippen LogP contribution in [-0.2, 0) is 32.1 Å². The van der Waals surface area contributed by atoms with Crippen LogP contribution in [-0.4, -0.2) is 108 Å². The standard InChI is InChI=1S/C43H48N12O7/c1-25-19-28(46-43(60)47-31-23-44-34-20-26(2)50-55(34)39(31)33-7-6-18-61-33)22-45-38(25)40-49-36(62-51-40)8-4-3-5-9-37(57)53-16-14-52(15-17-53)29-10-11-30-27(21-29)24-54(42(30)59)32-12-13-35(56)48-41(32)58/h10-11,19-23,32-33H,3-9,12-18,24H2,1-2H3,(H2,46,47,60)(H,48,56,58). The summed E-state index contributed by atoms with van der Waals surface area (Å²) in [5, 5.41) is 16.8. The Labute approximate surface area is 356 Å². The van der Waals surface area contributed by atoms with E-state index in [1.807, 2.05) is 43.0 Å². The van der Waals surface area contributed by atoms with E-state index in [0.717, 1.165) is 60.3 Å². The number of piperazine rings is 1. The van der Waals surface area contributed by atoms with Crippen LogP contribution in [0.1, 0.15) is 96.2 Å². The Morgan fingerprint density at radius 3 is 2.60 bits per heavy atom. The Kier molecular flexibility index (Phi) is 11.3. The number of unbranched alkanes of at least 4 members (excludes halogenated alkanes) is 2. The number of hydrogen-bond acceptors (Lipinski definition) is 13. The van der Waals surface area contributed by atoms with Gasteiger partial charge in [-0.25, -0.2) is 14.3 Å². The van der Waals surface area contributed by atoms with Gasteiger partial charge in [-0.3, -0.25) is 29.5 Å². The summed E-state index contributed by atoms with van der Waals surface area (Å²) in [6, 6.07) is 8.33. The maximum absolute atomic E-state index is 13.1. The van der Waals surface area contributed by atoms with Crippen molar-refractivity contribution < 1.29 is 33.2 Å². The van der Waals surface area contributed by atoms with E-state index in [1.54, 1.807) is 27.9 Å². The molecule has 5 aromatic rings. The van der Waals surface area contributed by atoms with Gasteiger partial charge in [-0.15, -0.1) is 0 Å². The molecule has 3 saturated heterocycles. The lowest BCUT2D eigenvalue weighted by atomic mass is 10.0. The number of urea groups is 1. The Hall–Kier alpha value is -6.76. The Balaban J connectivity index is 0.704. The fourth-order valence-corrected chi connectivity index (χ4v) is 8.74. The zero-order chi connectivity index (χ0) is 42.9. The van der Waals surface area contributed by atoms with Gasteiger partial charge in [0.25, 0.3) is 5.91 Å². The fourth-order valence-electron chi connectivity index (χ4n) is 8.74. The highest BCUT2D eigenvalue weighted by molar-refractivity contribution is 6.05. The number of carbonyl (C=O) groups is 5. The third-order valence-corrected chi connectivity index (χ3v) is 11.9. The summed E-state index contributed by atoms with van der Waals surface area (Å²) < 4.78 is 13.2. The van der Waals surface area contributed by atoms with Crippen LogP contribution in [0.4, 0.5) is 21.9 Å². The lowest BCUT2D eigenvalue weighted by Gasteiger charge is -2.36. The molecule has 0 bridgehead atoms. The highest BCUT2D eigenvalue weighted by atomic mass is 16.5. The van der Waals surface area contributed by atoms with Crippen LogP contribution in [0.15, 0.2) is 47.2 Å². The smallest absolute Gasteiger partial charge is 0.323 e. The maximum atomic E-state index is 13.1. The van der Waals surface area contributed by atoms with E-state index in [0.29, 0.717) is 98.6 Å². The van der Waals surface area contributed by atoms with Gasteiger partial charge in [0.15, 0.2) is 5.65 Å². The fraction of sp³-hybridized carbons (Fsp3) is 0.442. The molecule has 0 saturated carbocycles. The van der Waals surface area contributed by atoms with E-state index in [4.69, 9.17) is 9.26 Å². The summed E-state index contributed by atoms with van der Waals surface area (Å²) in [6.45, 7) is 7.31. The van der Waals surface area contributed by atoms with Crippen LogP contribution >= 0.6 is 0 Å². The molecular formula is C43H48N12O7. The van der Waals surface area contributed by atoms with Crippen LogP contribution in [0, 0.1) is 13.8 Å². The largest absolute Gasteiger partial charge is 0.372 e. The van der Waals surface area contributed by atoms with Gasteiger partial charge >= 0.3 is 6.03 Å². The van der Waals surface area contributed by atoms with Crippen molar-refractivity contribution >= 4 is 52.4 Å². The van der Waals surface area contributed by atoms with Crippen molar-refractivity contribution in [2.75, 3.05) is 48.3 Å². The summed E-state index contributed by atoms with van der Waals surface area (Å²) in [4.78, 5) is 82.6. The first-order valence-electron chi connectivity index (χ1n) is 21.2. The number of anilines is 3. The second-order valence-electron chi connectivity index (χ2n) is 16.3. The van der Waals surface area contributed by atoms with E-state index in [1.165, 1.54) is 0 Å². The third kappa shape index (κ3) is 8.44. The number of hydrogen-bond donors (Lipinski definition) is 3. The van der Waals surface area contributed by atoms with Crippen molar-refractivity contribution in [3.8, 4) is 11.5 Å². The predicted molar refractivity (Wildman–Crippen MR) is 224 cm³/mol. The molecule has 0 aliphatic carbocycles. The van der Waals surface area contributed by atoms with Crippen LogP contribution in [0.25, 0.3) is 17.2 Å². The van der Waals surface area contributed by atoms with Gasteiger partial charge in [-0.05, 0) is 81.3 Å². The highest BCUT2D eigenvalue weighted by Gasteiger charge is 2.39. The maximum Gasteiger partial charge on any atom is 0.323 e. The number of ether oxygens (including phenoxy) is 1. The van der Waals surface area contributed by atoms with Crippen LogP contribution in [0.2, 0.25) is 0 Å². The number of piperidine rings is 1. The number of benzene rings is 1. The van der Waals surface area contributed by atoms with Crippen molar-refractivity contribution in [1.29, 1.82) is 0 Å². The lowest BCUT2D eigenvalue weighted by Crippen LogP contribution is -2.52. The number of carbonyl (C=O) groups excluding carboxylic acids is 5. The third-order valence-electron chi connectivity index (χ3n) is 11.9. The van der Waals surface area contributed by atoms with E-state index in [-0.39, 0.29) is 30.2 Å². The molecular weight excluding hydrogens is 797 g/mol. The van der Waals surface area contributed by atoms with Gasteiger partial charge in [0.05, 0.1) is 35.2 Å². The molecule has 6 amide bonds. The number of pyridine rings is 1. The molecule has 0 radical (unpaired) electrons. The van der Waals surface area contributed by atoms with Gasteiger partial charge in [0, 0.05) is 75.9 Å². The molecule has 19 nitrogen and oxygen atoms in total. The van der Waals surface area contributed by atoms with Crippen molar-refractivity contribution in [3.63, 3.8) is 0 Å². The average molecular weight is 845 g/mol. The normalized spacial score (nSPS) is 19.0. The zero-order valence-electron chi connectivity index (χ0n) is 34.7. The number of imide groups is 1. The van der Waals surface area contributed by atoms with Gasteiger partial charge in [0.2, 0.25) is 29.4 Å². The Morgan fingerprint density at radius 2 is 1.81 bits per heavy atom. The molecule has 0 spiro atoms. The average Bonchev–Trinajstić information content (AvgIpc) is 4.09. The highest BCUT2D eigenvalue weighted by Crippen LogP contribution is 2.34. The number of aromatic nitrogens is 6. The predicted octanol–water partition coefficient (Wildman–Crippen LogP) is 4.50. The molecule has 3 fully saturated rings. The SMILES string of the molecule is Cc1cc2ncc(NC(=O)Nc3cnc(-c4noc(CCCCCC(=O)N5CCN(c6ccc7c(c6)CN(C6CCC(=O)NC6=O)C7=O)CC5)n4)c(C)c3)c(C3CCCO3)n2n1. The van der Waals surface area contributed by atoms with E-state index < -0.39 is 18.0 Å². The minimum Gasteiger partial charge on any atom is -0.372 e. The second kappa shape index (κ2) is 17.3. The molecule has 62 heavy (non-hydrogen) atoms. The van der Waals surface area contributed by atoms with Crippen LogP contribution in [0.3, 0.4) is 0 Å². The number of fused-ring (bicyclic) bond motifs is 2. The first-order chi connectivity index (χ1) is 30.1. The molecule has 322 valence electrons. The minimum atomic E-state index is -0.645. The molecule has 1 aromatic carbocycles. The topological polar surface area (TPSA) is 222 Å². The number of rotatable bonds is 12. The van der Waals surface area contributed by atoms with Crippen molar-refractivity contribution in [2.24, 2.45) is 0 Å². The monoisotopic (exact) mass is 844 g/mol. The molecule has 8 heterocycles. The summed E-state index contributed by atoms with van der Waals surface area (Å²) >= 11 is 0. The molecule has 19 heteroatoms. The second-order valence-corrected chi connectivity index (χ2v) is 16.3. The van der Waals surface area contributed by atoms with Crippen LogP contribution < -0.4 is 20.9 Å². The lowest BCUT2D eigenvalue weighted by molar-refractivity contribution is -0.137. The van der Waals surface area contributed by atoms with Crippen molar-refractivity contribution in [2.45, 2.75) is 90.3 Å². The minimum absolute atomic E-state index is 0.132. The van der Waals surface area contributed by atoms with E-state index in [9.17, 15) is 24.0 Å². The zero-order valence-corrected chi connectivity index (χ0v) is 34.7. The van der Waals surface area contributed by atoms with Gasteiger partial charge in [-0.1, -0.05) is 11.6 Å². The van der Waals surface area contributed by atoms with Gasteiger partial charge < -0.3 is 34.6 Å². The molecule has 2 unspecified atom stereocenters. The number of aryl methyl sites for hydroxylation is 3. The summed E-state index contributed by atoms with van der Waals surface area (Å²) in [5.74, 6) is 0.0650. The van der Waals surface area contributed by atoms with Gasteiger partial charge in [0.1, 0.15) is 17.8 Å². The first kappa shape index (κ1) is 40.6. The summed E-state index contributed by atoms with van der Waals surface area (Å²) in [5.41, 5.74) is 7.01. The first-order valence-corrected chi connectivity index (χ1v) is 21.2. The molecule has 3 N–H and O–H groups in total. The Bertz CT molecular complexity index is 2560. The molecule has 4 aromatic heterocycles. The van der Waals surface area contributed by atoms with Crippen LogP contribution in [0.5, 0.6) is 0 Å². The number of nitrogens with one attached hydrogen (secondary N) is 3. The number of amides is 6. The molecule has 9 rings (SSSR count). The van der Waals surface area contributed by atoms with Gasteiger partial charge in [-0.2, -0.15) is 10.1 Å². The summed E-state index contributed by atoms with van der Waals surface area (Å²) in [7, 11) is 0. The van der Waals surface area contributed by atoms with Crippen molar-refractivity contribution in [3.05, 3.63) is 76.7 Å².